The van der Waals surface area contributed by atoms with Gasteiger partial charge in [0.25, 0.3) is 0 Å². The molecule has 7 heteroatoms. The smallest absolute Gasteiger partial charge is 0.416 e. The Morgan fingerprint density at radius 3 is 2.76 bits per heavy atom. The maximum Gasteiger partial charge on any atom is 0.416 e. The Kier molecular flexibility index (Phi) is 4.84. The van der Waals surface area contributed by atoms with Crippen molar-refractivity contribution in [1.82, 2.24) is 10.6 Å². The molecule has 1 aromatic rings. The topological polar surface area (TPSA) is 61.4 Å². The molecule has 1 atom stereocenters. The standard InChI is InChI=1S/C14H17F3N2O2/c15-14(16,17)13-10(7-19-8-12(20)21)2-1-3-11(13)9-4-5-18-6-9/h1-3,9,18-19H,4-8H2,(H,20,21)/t9-/m1/s1. The zero-order chi connectivity index (χ0) is 15.5. The minimum absolute atomic E-state index is 0.0909. The number of hydrogen-bond donors (Lipinski definition) is 3. The van der Waals surface area contributed by atoms with Gasteiger partial charge in [0.05, 0.1) is 12.1 Å². The molecule has 0 amide bonds. The van der Waals surface area contributed by atoms with E-state index in [1.165, 1.54) is 12.1 Å². The van der Waals surface area contributed by atoms with E-state index in [-0.39, 0.29) is 24.6 Å². The molecule has 1 aromatic carbocycles. The predicted octanol–water partition coefficient (Wildman–Crippen LogP) is 1.96. The molecule has 1 fully saturated rings. The van der Waals surface area contributed by atoms with Gasteiger partial charge in [-0.2, -0.15) is 13.2 Å². The van der Waals surface area contributed by atoms with Gasteiger partial charge in [0.1, 0.15) is 0 Å². The van der Waals surface area contributed by atoms with E-state index in [1.54, 1.807) is 6.07 Å². The number of aliphatic carboxylic acids is 1. The lowest BCUT2D eigenvalue weighted by atomic mass is 9.90. The van der Waals surface area contributed by atoms with Gasteiger partial charge in [0.2, 0.25) is 0 Å². The highest BCUT2D eigenvalue weighted by atomic mass is 19.4. The van der Waals surface area contributed by atoms with Gasteiger partial charge in [-0.05, 0) is 30.0 Å². The maximum absolute atomic E-state index is 13.4. The second kappa shape index (κ2) is 6.44. The summed E-state index contributed by atoms with van der Waals surface area (Å²) in [5.74, 6) is -1.25. The summed E-state index contributed by atoms with van der Waals surface area (Å²) in [4.78, 5) is 10.5. The highest BCUT2D eigenvalue weighted by Gasteiger charge is 2.38. The molecular weight excluding hydrogens is 285 g/mol. The number of nitrogens with one attached hydrogen (secondary N) is 2. The third-order valence-corrected chi connectivity index (χ3v) is 3.56. The Labute approximate surface area is 120 Å². The normalized spacial score (nSPS) is 18.9. The van der Waals surface area contributed by atoms with Gasteiger partial charge in [-0.3, -0.25) is 4.79 Å². The Bertz CT molecular complexity index is 511. The molecule has 4 nitrogen and oxygen atoms in total. The van der Waals surface area contributed by atoms with Gasteiger partial charge in [-0.15, -0.1) is 0 Å². The number of hydrogen-bond acceptors (Lipinski definition) is 3. The number of rotatable bonds is 5. The second-order valence-electron chi connectivity index (χ2n) is 5.07. The van der Waals surface area contributed by atoms with Crippen LogP contribution in [0.25, 0.3) is 0 Å². The molecule has 0 bridgehead atoms. The molecule has 0 spiro atoms. The van der Waals surface area contributed by atoms with Gasteiger partial charge in [0.15, 0.2) is 0 Å². The van der Waals surface area contributed by atoms with Crippen molar-refractivity contribution in [3.63, 3.8) is 0 Å². The molecule has 0 unspecified atom stereocenters. The van der Waals surface area contributed by atoms with Crippen LogP contribution in [0.2, 0.25) is 0 Å². The van der Waals surface area contributed by atoms with Gasteiger partial charge in [0, 0.05) is 13.1 Å². The summed E-state index contributed by atoms with van der Waals surface area (Å²) in [5, 5.41) is 14.1. The Morgan fingerprint density at radius 2 is 2.19 bits per heavy atom. The van der Waals surface area contributed by atoms with E-state index in [2.05, 4.69) is 10.6 Å². The van der Waals surface area contributed by atoms with Crippen LogP contribution in [0, 0.1) is 0 Å². The van der Waals surface area contributed by atoms with Gasteiger partial charge < -0.3 is 15.7 Å². The molecule has 1 aliphatic rings. The van der Waals surface area contributed by atoms with Crippen LogP contribution in [0.15, 0.2) is 18.2 Å². The van der Waals surface area contributed by atoms with E-state index in [9.17, 15) is 18.0 Å². The summed E-state index contributed by atoms with van der Waals surface area (Å²) in [6, 6.07) is 4.51. The van der Waals surface area contributed by atoms with Crippen molar-refractivity contribution in [1.29, 1.82) is 0 Å². The fourth-order valence-corrected chi connectivity index (χ4v) is 2.68. The Balaban J connectivity index is 2.30. The second-order valence-corrected chi connectivity index (χ2v) is 5.07. The highest BCUT2D eigenvalue weighted by Crippen LogP contribution is 2.39. The van der Waals surface area contributed by atoms with Gasteiger partial charge >= 0.3 is 12.1 Å². The predicted molar refractivity (Wildman–Crippen MR) is 71.0 cm³/mol. The first kappa shape index (κ1) is 15.8. The molecule has 2 rings (SSSR count). The first-order chi connectivity index (χ1) is 9.89. The van der Waals surface area contributed by atoms with E-state index >= 15 is 0 Å². The van der Waals surface area contributed by atoms with E-state index in [4.69, 9.17) is 5.11 Å². The van der Waals surface area contributed by atoms with Crippen LogP contribution < -0.4 is 10.6 Å². The third-order valence-electron chi connectivity index (χ3n) is 3.56. The average Bonchev–Trinajstić information content (AvgIpc) is 2.90. The molecule has 0 saturated carbocycles. The lowest BCUT2D eigenvalue weighted by Crippen LogP contribution is -2.25. The number of halogens is 3. The molecule has 3 N–H and O–H groups in total. The van der Waals surface area contributed by atoms with Crippen molar-refractivity contribution < 1.29 is 23.1 Å². The van der Waals surface area contributed by atoms with Crippen LogP contribution in [-0.2, 0) is 17.5 Å². The summed E-state index contributed by atoms with van der Waals surface area (Å²) < 4.78 is 40.2. The Morgan fingerprint density at radius 1 is 1.43 bits per heavy atom. The number of benzene rings is 1. The summed E-state index contributed by atoms with van der Waals surface area (Å²) in [6.45, 7) is 0.764. The molecule has 0 radical (unpaired) electrons. The van der Waals surface area contributed by atoms with Crippen molar-refractivity contribution >= 4 is 5.97 Å². The summed E-state index contributed by atoms with van der Waals surface area (Å²) in [5.41, 5.74) is -0.244. The van der Waals surface area contributed by atoms with Crippen LogP contribution >= 0.6 is 0 Å². The zero-order valence-electron chi connectivity index (χ0n) is 11.3. The molecule has 0 aromatic heterocycles. The van der Waals surface area contributed by atoms with Crippen LogP contribution in [0.1, 0.15) is 29.0 Å². The molecule has 1 heterocycles. The van der Waals surface area contributed by atoms with Gasteiger partial charge in [-0.25, -0.2) is 0 Å². The number of carboxylic acids is 1. The molecule has 21 heavy (non-hydrogen) atoms. The highest BCUT2D eigenvalue weighted by molar-refractivity contribution is 5.69. The SMILES string of the molecule is O=C(O)CNCc1cccc([C@@H]2CCNC2)c1C(F)(F)F. The number of carboxylic acid groups (broad SMARTS) is 1. The van der Waals surface area contributed by atoms with Crippen LogP contribution in [0.5, 0.6) is 0 Å². The molecule has 116 valence electrons. The number of carbonyl (C=O) groups is 1. The fraction of sp³-hybridized carbons (Fsp3) is 0.500. The molecule has 0 aliphatic carbocycles. The van der Waals surface area contributed by atoms with E-state index in [0.29, 0.717) is 25.1 Å². The van der Waals surface area contributed by atoms with Gasteiger partial charge in [-0.1, -0.05) is 18.2 Å². The fourth-order valence-electron chi connectivity index (χ4n) is 2.68. The maximum atomic E-state index is 13.4. The Hall–Kier alpha value is -1.60. The van der Waals surface area contributed by atoms with Crippen molar-refractivity contribution in [3.8, 4) is 0 Å². The van der Waals surface area contributed by atoms with Crippen LogP contribution in [0.4, 0.5) is 13.2 Å². The molecular formula is C14H17F3N2O2. The quantitative estimate of drug-likeness (QED) is 0.778. The molecule has 1 saturated heterocycles. The summed E-state index contributed by atoms with van der Waals surface area (Å²) >= 11 is 0. The monoisotopic (exact) mass is 302 g/mol. The lowest BCUT2D eigenvalue weighted by Gasteiger charge is -2.21. The van der Waals surface area contributed by atoms with Crippen LogP contribution in [-0.4, -0.2) is 30.7 Å². The summed E-state index contributed by atoms with van der Waals surface area (Å²) in [6.07, 6.45) is -3.77. The molecule has 1 aliphatic heterocycles. The number of alkyl halides is 3. The third kappa shape index (κ3) is 3.95. The lowest BCUT2D eigenvalue weighted by molar-refractivity contribution is -0.139. The van der Waals surface area contributed by atoms with Crippen molar-refractivity contribution in [2.24, 2.45) is 0 Å². The van der Waals surface area contributed by atoms with Crippen molar-refractivity contribution in [2.75, 3.05) is 19.6 Å². The van der Waals surface area contributed by atoms with E-state index < -0.39 is 17.7 Å². The van der Waals surface area contributed by atoms with Crippen molar-refractivity contribution in [3.05, 3.63) is 34.9 Å². The largest absolute Gasteiger partial charge is 0.480 e. The zero-order valence-corrected chi connectivity index (χ0v) is 11.3. The van der Waals surface area contributed by atoms with E-state index in [1.807, 2.05) is 0 Å². The van der Waals surface area contributed by atoms with E-state index in [0.717, 1.165) is 0 Å². The first-order valence-corrected chi connectivity index (χ1v) is 6.72. The van der Waals surface area contributed by atoms with Crippen LogP contribution in [0.3, 0.4) is 0 Å². The van der Waals surface area contributed by atoms with Crippen molar-refractivity contribution in [2.45, 2.75) is 25.1 Å². The average molecular weight is 302 g/mol. The summed E-state index contributed by atoms with van der Waals surface area (Å²) in [7, 11) is 0. The minimum atomic E-state index is -4.45. The minimum Gasteiger partial charge on any atom is -0.480 e. The first-order valence-electron chi connectivity index (χ1n) is 6.72.